The lowest BCUT2D eigenvalue weighted by Crippen LogP contribution is -2.40. The lowest BCUT2D eigenvalue weighted by atomic mass is 9.96. The molecule has 0 spiro atoms. The molecule has 1 aliphatic rings. The second-order valence-corrected chi connectivity index (χ2v) is 6.22. The summed E-state index contributed by atoms with van der Waals surface area (Å²) in [6.45, 7) is 5.06. The van der Waals surface area contributed by atoms with Gasteiger partial charge >= 0.3 is 0 Å². The molecule has 2 rings (SSSR count). The Morgan fingerprint density at radius 2 is 1.90 bits per heavy atom. The second kappa shape index (κ2) is 8.18. The van der Waals surface area contributed by atoms with E-state index in [0.717, 1.165) is 51.2 Å². The summed E-state index contributed by atoms with van der Waals surface area (Å²) in [6.07, 6.45) is 4.93. The van der Waals surface area contributed by atoms with E-state index in [4.69, 9.17) is 0 Å². The highest BCUT2D eigenvalue weighted by Crippen LogP contribution is 2.17. The van der Waals surface area contributed by atoms with Gasteiger partial charge in [0.15, 0.2) is 0 Å². The molecule has 1 amide bonds. The van der Waals surface area contributed by atoms with E-state index in [9.17, 15) is 4.79 Å². The first-order valence-corrected chi connectivity index (χ1v) is 8.17. The summed E-state index contributed by atoms with van der Waals surface area (Å²) >= 11 is 0. The fourth-order valence-corrected chi connectivity index (χ4v) is 3.03. The van der Waals surface area contributed by atoms with Gasteiger partial charge in [-0.15, -0.1) is 0 Å². The Hall–Kier alpha value is -1.35. The molecule has 0 aromatic heterocycles. The molecule has 1 saturated heterocycles. The zero-order chi connectivity index (χ0) is 15.1. The fraction of sp³-hybridized carbons (Fsp3) is 0.611. The molecule has 0 saturated carbocycles. The number of aryl methyl sites for hydroxylation is 2. The molecule has 1 N–H and O–H groups in total. The molecule has 3 heteroatoms. The van der Waals surface area contributed by atoms with Crippen molar-refractivity contribution in [1.82, 2.24) is 10.2 Å². The van der Waals surface area contributed by atoms with Crippen LogP contribution in [0.2, 0.25) is 0 Å². The van der Waals surface area contributed by atoms with Gasteiger partial charge in [0.25, 0.3) is 0 Å². The van der Waals surface area contributed by atoms with Crippen LogP contribution in [0, 0.1) is 12.8 Å². The third-order valence-electron chi connectivity index (χ3n) is 4.44. The Labute approximate surface area is 128 Å². The molecule has 1 aliphatic heterocycles. The number of nitrogens with one attached hydrogen (secondary N) is 1. The van der Waals surface area contributed by atoms with E-state index in [2.05, 4.69) is 41.4 Å². The van der Waals surface area contributed by atoms with Gasteiger partial charge in [-0.3, -0.25) is 4.79 Å². The third-order valence-corrected chi connectivity index (χ3v) is 4.44. The standard InChI is InChI=1S/C18H28N2O/c1-15-6-8-16(9-7-15)4-3-5-18(21)20-12-10-17(11-13-20)14-19-2/h6-9,17,19H,3-5,10-14H2,1-2H3. The van der Waals surface area contributed by atoms with E-state index in [1.165, 1.54) is 11.1 Å². The number of nitrogens with zero attached hydrogens (tertiary/aromatic N) is 1. The number of likely N-dealkylation sites (tertiary alicyclic amines) is 1. The van der Waals surface area contributed by atoms with Crippen molar-refractivity contribution < 1.29 is 4.79 Å². The van der Waals surface area contributed by atoms with Gasteiger partial charge in [0.05, 0.1) is 0 Å². The first-order valence-electron chi connectivity index (χ1n) is 8.17. The van der Waals surface area contributed by atoms with Crippen molar-refractivity contribution in [3.63, 3.8) is 0 Å². The van der Waals surface area contributed by atoms with E-state index < -0.39 is 0 Å². The Morgan fingerprint density at radius 3 is 2.52 bits per heavy atom. The molecule has 0 bridgehead atoms. The summed E-state index contributed by atoms with van der Waals surface area (Å²) < 4.78 is 0. The normalized spacial score (nSPS) is 16.2. The maximum Gasteiger partial charge on any atom is 0.222 e. The van der Waals surface area contributed by atoms with Gasteiger partial charge in [-0.25, -0.2) is 0 Å². The van der Waals surface area contributed by atoms with Crippen LogP contribution in [0.4, 0.5) is 0 Å². The molecule has 0 radical (unpaired) electrons. The van der Waals surface area contributed by atoms with Crippen LogP contribution in [-0.4, -0.2) is 37.5 Å². The van der Waals surface area contributed by atoms with Crippen LogP contribution >= 0.6 is 0 Å². The Kier molecular flexibility index (Phi) is 6.24. The van der Waals surface area contributed by atoms with Crippen LogP contribution in [0.1, 0.15) is 36.8 Å². The van der Waals surface area contributed by atoms with Crippen molar-refractivity contribution >= 4 is 5.91 Å². The van der Waals surface area contributed by atoms with Crippen LogP contribution in [0.25, 0.3) is 0 Å². The van der Waals surface area contributed by atoms with Crippen LogP contribution in [0.3, 0.4) is 0 Å². The summed E-state index contributed by atoms with van der Waals surface area (Å²) in [5.74, 6) is 1.08. The summed E-state index contributed by atoms with van der Waals surface area (Å²) in [6, 6.07) is 8.62. The molecule has 0 aliphatic carbocycles. The molecular weight excluding hydrogens is 260 g/mol. The molecular formula is C18H28N2O. The number of amides is 1. The van der Waals surface area contributed by atoms with E-state index >= 15 is 0 Å². The average Bonchev–Trinajstić information content (AvgIpc) is 2.50. The van der Waals surface area contributed by atoms with Gasteiger partial charge in [0, 0.05) is 19.5 Å². The van der Waals surface area contributed by atoms with Gasteiger partial charge in [-0.1, -0.05) is 29.8 Å². The van der Waals surface area contributed by atoms with Gasteiger partial charge in [0.1, 0.15) is 0 Å². The Balaban J connectivity index is 1.67. The zero-order valence-corrected chi connectivity index (χ0v) is 13.4. The Morgan fingerprint density at radius 1 is 1.24 bits per heavy atom. The lowest BCUT2D eigenvalue weighted by molar-refractivity contribution is -0.132. The van der Waals surface area contributed by atoms with Crippen LogP contribution in [-0.2, 0) is 11.2 Å². The van der Waals surface area contributed by atoms with Gasteiger partial charge in [-0.2, -0.15) is 0 Å². The maximum absolute atomic E-state index is 12.2. The molecule has 1 aromatic rings. The minimum absolute atomic E-state index is 0.338. The molecule has 1 aromatic carbocycles. The highest BCUT2D eigenvalue weighted by molar-refractivity contribution is 5.76. The lowest BCUT2D eigenvalue weighted by Gasteiger charge is -2.32. The highest BCUT2D eigenvalue weighted by Gasteiger charge is 2.21. The van der Waals surface area contributed by atoms with Crippen LogP contribution in [0.5, 0.6) is 0 Å². The molecule has 116 valence electrons. The summed E-state index contributed by atoms with van der Waals surface area (Å²) in [7, 11) is 2.00. The van der Waals surface area contributed by atoms with Crippen molar-refractivity contribution in [3.05, 3.63) is 35.4 Å². The summed E-state index contributed by atoms with van der Waals surface area (Å²) in [4.78, 5) is 14.3. The number of carbonyl (C=O) groups is 1. The molecule has 0 atom stereocenters. The highest BCUT2D eigenvalue weighted by atomic mass is 16.2. The largest absolute Gasteiger partial charge is 0.343 e. The minimum Gasteiger partial charge on any atom is -0.343 e. The smallest absolute Gasteiger partial charge is 0.222 e. The van der Waals surface area contributed by atoms with Crippen molar-refractivity contribution in [3.8, 4) is 0 Å². The second-order valence-electron chi connectivity index (χ2n) is 6.22. The fourth-order valence-electron chi connectivity index (χ4n) is 3.03. The van der Waals surface area contributed by atoms with Crippen molar-refractivity contribution in [2.24, 2.45) is 5.92 Å². The van der Waals surface area contributed by atoms with E-state index in [1.54, 1.807) is 0 Å². The van der Waals surface area contributed by atoms with E-state index in [-0.39, 0.29) is 0 Å². The first kappa shape index (κ1) is 16.0. The molecule has 3 nitrogen and oxygen atoms in total. The molecule has 1 heterocycles. The minimum atomic E-state index is 0.338. The third kappa shape index (κ3) is 5.16. The molecule has 21 heavy (non-hydrogen) atoms. The predicted octanol–water partition coefficient (Wildman–Crippen LogP) is 2.78. The molecule has 0 unspecified atom stereocenters. The maximum atomic E-state index is 12.2. The van der Waals surface area contributed by atoms with Gasteiger partial charge in [-0.05, 0) is 57.7 Å². The molecule has 1 fully saturated rings. The van der Waals surface area contributed by atoms with Gasteiger partial charge < -0.3 is 10.2 Å². The number of piperidine rings is 1. The number of hydrogen-bond donors (Lipinski definition) is 1. The van der Waals surface area contributed by atoms with Crippen molar-refractivity contribution in [1.29, 1.82) is 0 Å². The van der Waals surface area contributed by atoms with Gasteiger partial charge in [0.2, 0.25) is 5.91 Å². The quantitative estimate of drug-likeness (QED) is 0.873. The first-order chi connectivity index (χ1) is 10.2. The monoisotopic (exact) mass is 288 g/mol. The van der Waals surface area contributed by atoms with Crippen molar-refractivity contribution in [2.75, 3.05) is 26.7 Å². The van der Waals surface area contributed by atoms with E-state index in [0.29, 0.717) is 12.3 Å². The summed E-state index contributed by atoms with van der Waals surface area (Å²) in [5, 5.41) is 3.23. The number of rotatable bonds is 6. The number of carbonyl (C=O) groups excluding carboxylic acids is 1. The topological polar surface area (TPSA) is 32.3 Å². The number of benzene rings is 1. The predicted molar refractivity (Wildman–Crippen MR) is 87.3 cm³/mol. The average molecular weight is 288 g/mol. The van der Waals surface area contributed by atoms with Crippen LogP contribution in [0.15, 0.2) is 24.3 Å². The zero-order valence-electron chi connectivity index (χ0n) is 13.4. The Bertz CT molecular complexity index is 433. The summed E-state index contributed by atoms with van der Waals surface area (Å²) in [5.41, 5.74) is 2.63. The number of hydrogen-bond acceptors (Lipinski definition) is 2. The SMILES string of the molecule is CNCC1CCN(C(=O)CCCc2ccc(C)cc2)CC1. The van der Waals surface area contributed by atoms with E-state index in [1.807, 2.05) is 7.05 Å². The van der Waals surface area contributed by atoms with Crippen LogP contribution < -0.4 is 5.32 Å². The van der Waals surface area contributed by atoms with Crippen molar-refractivity contribution in [2.45, 2.75) is 39.0 Å².